The number of allylic oxidation sites excluding steroid dienone is 6. The van der Waals surface area contributed by atoms with Crippen molar-refractivity contribution in [2.75, 3.05) is 0 Å². The van der Waals surface area contributed by atoms with Gasteiger partial charge in [0.2, 0.25) is 0 Å². The van der Waals surface area contributed by atoms with Gasteiger partial charge in [-0.25, -0.2) is 0 Å². The van der Waals surface area contributed by atoms with Gasteiger partial charge < -0.3 is 34.0 Å². The average molecular weight is 469 g/mol. The molecule has 0 aromatic heterocycles. The molecule has 1 atom stereocenters. The molecule has 0 aromatic carbocycles. The quantitative estimate of drug-likeness (QED) is 0.490. The Morgan fingerprint density at radius 2 is 1.58 bits per heavy atom. The molecule has 1 rings (SSSR count). The second-order valence-electron chi connectivity index (χ2n) is 5.77. The Morgan fingerprint density at radius 3 is 1.89 bits per heavy atom. The minimum absolute atomic E-state index is 0. The van der Waals surface area contributed by atoms with Gasteiger partial charge in [-0.3, -0.25) is 0 Å². The Hall–Kier alpha value is 1.06. The zero-order valence-corrected chi connectivity index (χ0v) is 19.0. The maximum atomic E-state index is 2.42. The van der Waals surface area contributed by atoms with Crippen molar-refractivity contribution in [3.05, 3.63) is 31.6 Å². The van der Waals surface area contributed by atoms with Crippen LogP contribution in [0.3, 0.4) is 0 Å². The minimum atomic E-state index is -0.503. The van der Waals surface area contributed by atoms with Crippen LogP contribution < -0.4 is 34.0 Å². The number of rotatable bonds is 3. The van der Waals surface area contributed by atoms with E-state index in [4.69, 9.17) is 0 Å². The molecule has 0 aliphatic heterocycles. The molecule has 0 bridgehead atoms. The molecule has 0 saturated carbocycles. The third kappa shape index (κ3) is 4.51. The van der Waals surface area contributed by atoms with Crippen molar-refractivity contribution in [1.82, 2.24) is 0 Å². The van der Waals surface area contributed by atoms with Crippen molar-refractivity contribution in [3.63, 3.8) is 0 Å². The van der Waals surface area contributed by atoms with Crippen LogP contribution in [0.25, 0.3) is 0 Å². The Bertz CT molecular complexity index is 414. The van der Waals surface area contributed by atoms with E-state index >= 15 is 0 Å². The van der Waals surface area contributed by atoms with Crippen LogP contribution in [0.15, 0.2) is 31.6 Å². The van der Waals surface area contributed by atoms with Gasteiger partial charge >= 0.3 is 119 Å². The monoisotopic (exact) mass is 466 g/mol. The Balaban J connectivity index is 0. The average Bonchev–Trinajstić information content (AvgIpc) is 2.43. The largest absolute Gasteiger partial charge is 1.00 e. The molecule has 0 amide bonds. The molecule has 0 aromatic rings. The van der Waals surface area contributed by atoms with Crippen molar-refractivity contribution >= 4 is 0 Å². The van der Waals surface area contributed by atoms with E-state index in [-0.39, 0.29) is 34.0 Å². The number of hydrogen-bond donors (Lipinski definition) is 0. The Labute approximate surface area is 152 Å². The van der Waals surface area contributed by atoms with Crippen molar-refractivity contribution in [2.24, 2.45) is 5.41 Å². The third-order valence-corrected chi connectivity index (χ3v) is 9.91. The van der Waals surface area contributed by atoms with Gasteiger partial charge in [0.1, 0.15) is 0 Å². The van der Waals surface area contributed by atoms with Crippen molar-refractivity contribution < 1.29 is 57.2 Å². The van der Waals surface area contributed by atoms with Gasteiger partial charge in [0.15, 0.2) is 0 Å². The molecule has 1 unspecified atom stereocenters. The van der Waals surface area contributed by atoms with Crippen LogP contribution in [-0.4, -0.2) is 0 Å². The van der Waals surface area contributed by atoms with Gasteiger partial charge in [0.25, 0.3) is 0 Å². The van der Waals surface area contributed by atoms with Gasteiger partial charge in [0.05, 0.1) is 0 Å². The molecule has 19 heavy (non-hydrogen) atoms. The van der Waals surface area contributed by atoms with Crippen LogP contribution >= 0.6 is 0 Å². The molecular weight excluding hydrogens is 443 g/mol. The Kier molecular flexibility index (Phi) is 9.99. The van der Waals surface area contributed by atoms with E-state index in [1.54, 1.807) is 22.3 Å². The topological polar surface area (TPSA) is 0 Å². The first-order chi connectivity index (χ1) is 7.73. The van der Waals surface area contributed by atoms with Crippen LogP contribution in [0.5, 0.6) is 0 Å². The second kappa shape index (κ2) is 8.49. The molecule has 1 aliphatic carbocycles. The van der Waals surface area contributed by atoms with E-state index in [0.29, 0.717) is 5.41 Å². The molecule has 0 nitrogen and oxygen atoms in total. The van der Waals surface area contributed by atoms with E-state index in [0.717, 1.165) is 3.63 Å². The predicted octanol–water partition coefficient (Wildman–Crippen LogP) is -0.498. The predicted molar refractivity (Wildman–Crippen MR) is 73.7 cm³/mol. The van der Waals surface area contributed by atoms with Gasteiger partial charge in [0, 0.05) is 0 Å². The first kappa shape index (κ1) is 22.3. The maximum absolute atomic E-state index is 2.42. The summed E-state index contributed by atoms with van der Waals surface area (Å²) in [7, 11) is 0. The summed E-state index contributed by atoms with van der Waals surface area (Å²) in [6.45, 7) is 18.6. The fraction of sp³-hybridized carbons (Fsp3) is 0.625. The van der Waals surface area contributed by atoms with E-state index in [1.165, 1.54) is 0 Å². The molecule has 0 N–H and O–H groups in total. The summed E-state index contributed by atoms with van der Waals surface area (Å²) in [5, 5.41) is 0. The summed E-state index contributed by atoms with van der Waals surface area (Å²) >= 11 is -0.503. The summed E-state index contributed by atoms with van der Waals surface area (Å²) in [5.41, 5.74) is 6.67. The summed E-state index contributed by atoms with van der Waals surface area (Å²) < 4.78 is 2.64. The zero-order valence-electron chi connectivity index (χ0n) is 13.4. The maximum Gasteiger partial charge on any atom is -1.00 e. The van der Waals surface area contributed by atoms with Crippen LogP contribution in [0.1, 0.15) is 55.4 Å². The van der Waals surface area contributed by atoms with Gasteiger partial charge in [-0.1, -0.05) is 0 Å². The molecule has 3 heteroatoms. The molecule has 0 saturated heterocycles. The summed E-state index contributed by atoms with van der Waals surface area (Å²) in [4.78, 5) is 0. The number of hydrogen-bond acceptors (Lipinski definition) is 0. The van der Waals surface area contributed by atoms with Crippen LogP contribution in [-0.2, 0) is 23.2 Å². The van der Waals surface area contributed by atoms with E-state index in [1.807, 2.05) is 3.28 Å². The summed E-state index contributed by atoms with van der Waals surface area (Å²) in [6, 6.07) is 0. The smallest absolute Gasteiger partial charge is 1.00 e. The van der Waals surface area contributed by atoms with Crippen molar-refractivity contribution in [2.45, 2.75) is 59.0 Å². The summed E-state index contributed by atoms with van der Waals surface area (Å²) in [5.74, 6) is 0. The fourth-order valence-corrected chi connectivity index (χ4v) is 6.84. The van der Waals surface area contributed by atoms with Crippen LogP contribution in [0.4, 0.5) is 0 Å². The normalized spacial score (nSPS) is 19.7. The van der Waals surface area contributed by atoms with Crippen molar-refractivity contribution in [1.29, 1.82) is 0 Å². The van der Waals surface area contributed by atoms with E-state index < -0.39 is 23.2 Å². The zero-order chi connectivity index (χ0) is 13.4. The van der Waals surface area contributed by atoms with Crippen LogP contribution in [0, 0.1) is 5.41 Å². The molecular formula is C16H26Br2Zr. The molecule has 0 fully saturated rings. The Morgan fingerprint density at radius 1 is 1.11 bits per heavy atom. The first-order valence-electron chi connectivity index (χ1n) is 6.52. The fourth-order valence-electron chi connectivity index (χ4n) is 2.46. The molecule has 0 heterocycles. The second-order valence-corrected chi connectivity index (χ2v) is 9.84. The first-order valence-corrected chi connectivity index (χ1v) is 9.17. The SMILES string of the molecule is C/C=C(\C)[CH](C)[Zr+2][C]1=C(C)C(C)=C(C)C1(C)C.[Br-].[Br-]. The molecule has 0 radical (unpaired) electrons. The van der Waals surface area contributed by atoms with E-state index in [9.17, 15) is 0 Å². The third-order valence-electron chi connectivity index (χ3n) is 4.56. The molecule has 1 aliphatic rings. The number of halogens is 2. The van der Waals surface area contributed by atoms with Gasteiger partial charge in [-0.05, 0) is 0 Å². The summed E-state index contributed by atoms with van der Waals surface area (Å²) in [6.07, 6.45) is 2.29. The van der Waals surface area contributed by atoms with Crippen molar-refractivity contribution in [3.8, 4) is 0 Å². The van der Waals surface area contributed by atoms with Crippen LogP contribution in [0.2, 0.25) is 3.63 Å². The van der Waals surface area contributed by atoms with Gasteiger partial charge in [-0.15, -0.1) is 0 Å². The minimum Gasteiger partial charge on any atom is -1.00 e. The molecule has 0 spiro atoms. The standard InChI is InChI=1S/C10H15.C6H11.2BrH.Zr/c1-7-6-10(4,5)9(3)8(7)2;1-4-6(3)5-2;;;/h1-5H3;4-5H,1-3H3;2*1H;/q;;;;+2/p-2/b;6-4+;;;. The molecule has 108 valence electrons. The van der Waals surface area contributed by atoms with Gasteiger partial charge in [-0.2, -0.15) is 0 Å². The van der Waals surface area contributed by atoms with E-state index in [2.05, 4.69) is 61.5 Å².